The van der Waals surface area contributed by atoms with Gasteiger partial charge in [-0.25, -0.2) is 0 Å². The van der Waals surface area contributed by atoms with Gasteiger partial charge >= 0.3 is 0 Å². The van der Waals surface area contributed by atoms with E-state index in [1.165, 1.54) is 6.42 Å². The van der Waals surface area contributed by atoms with Crippen molar-refractivity contribution < 1.29 is 9.84 Å². The fourth-order valence-corrected chi connectivity index (χ4v) is 1.85. The zero-order chi connectivity index (χ0) is 9.68. The second-order valence-electron chi connectivity index (χ2n) is 3.85. The second-order valence-corrected chi connectivity index (χ2v) is 3.85. The van der Waals surface area contributed by atoms with E-state index in [1.807, 2.05) is 0 Å². The number of aliphatic hydroxyl groups excluding tert-OH is 1. The molecule has 3 nitrogen and oxygen atoms in total. The molecule has 0 aromatic carbocycles. The quantitative estimate of drug-likeness (QED) is 0.696. The maximum Gasteiger partial charge on any atom is 0.0788 e. The smallest absolute Gasteiger partial charge is 0.0788 e. The molecule has 1 fully saturated rings. The second kappa shape index (κ2) is 5.58. The summed E-state index contributed by atoms with van der Waals surface area (Å²) < 4.78 is 5.32. The van der Waals surface area contributed by atoms with Gasteiger partial charge in [-0.2, -0.15) is 0 Å². The van der Waals surface area contributed by atoms with E-state index in [4.69, 9.17) is 4.74 Å². The van der Waals surface area contributed by atoms with Crippen LogP contribution < -0.4 is 0 Å². The average molecular weight is 187 g/mol. The molecule has 0 aromatic heterocycles. The molecule has 0 amide bonds. The standard InChI is InChI=1S/C10H21NO2/c1-3-4-11-5-6-13-8-10(12)7-9(11)2/h9-10,12H,3-8H2,1-2H3. The van der Waals surface area contributed by atoms with Crippen LogP contribution >= 0.6 is 0 Å². The van der Waals surface area contributed by atoms with Gasteiger partial charge in [-0.3, -0.25) is 4.90 Å². The summed E-state index contributed by atoms with van der Waals surface area (Å²) in [5, 5.41) is 9.52. The van der Waals surface area contributed by atoms with Crippen LogP contribution in [0.4, 0.5) is 0 Å². The summed E-state index contributed by atoms with van der Waals surface area (Å²) in [4.78, 5) is 2.39. The number of hydrogen-bond acceptors (Lipinski definition) is 3. The number of hydrogen-bond donors (Lipinski definition) is 1. The first kappa shape index (κ1) is 11.0. The van der Waals surface area contributed by atoms with Crippen molar-refractivity contribution in [1.82, 2.24) is 4.90 Å². The molecular formula is C10H21NO2. The average Bonchev–Trinajstić information content (AvgIpc) is 2.08. The molecule has 1 aliphatic rings. The van der Waals surface area contributed by atoms with Crippen LogP contribution in [0.15, 0.2) is 0 Å². The molecule has 3 heteroatoms. The highest BCUT2D eigenvalue weighted by atomic mass is 16.5. The van der Waals surface area contributed by atoms with Gasteiger partial charge in [0, 0.05) is 12.6 Å². The van der Waals surface area contributed by atoms with Gasteiger partial charge < -0.3 is 9.84 Å². The van der Waals surface area contributed by atoms with Crippen LogP contribution in [0.5, 0.6) is 0 Å². The number of aliphatic hydroxyl groups is 1. The lowest BCUT2D eigenvalue weighted by molar-refractivity contribution is -0.0161. The fraction of sp³-hybridized carbons (Fsp3) is 1.00. The van der Waals surface area contributed by atoms with Gasteiger partial charge in [0.05, 0.1) is 19.3 Å². The maximum atomic E-state index is 9.52. The summed E-state index contributed by atoms with van der Waals surface area (Å²) in [6, 6.07) is 0.485. The molecule has 0 aliphatic carbocycles. The Morgan fingerprint density at radius 2 is 2.31 bits per heavy atom. The van der Waals surface area contributed by atoms with E-state index in [-0.39, 0.29) is 6.10 Å². The highest BCUT2D eigenvalue weighted by Crippen LogP contribution is 2.10. The molecule has 78 valence electrons. The predicted octanol–water partition coefficient (Wildman–Crippen LogP) is 0.868. The minimum absolute atomic E-state index is 0.283. The molecule has 0 bridgehead atoms. The molecule has 0 saturated carbocycles. The van der Waals surface area contributed by atoms with Gasteiger partial charge in [0.15, 0.2) is 0 Å². The van der Waals surface area contributed by atoms with Crippen molar-refractivity contribution in [3.05, 3.63) is 0 Å². The molecule has 2 atom stereocenters. The summed E-state index contributed by atoms with van der Waals surface area (Å²) in [7, 11) is 0. The molecule has 0 radical (unpaired) electrons. The van der Waals surface area contributed by atoms with Gasteiger partial charge in [0.1, 0.15) is 0 Å². The minimum atomic E-state index is -0.283. The lowest BCUT2D eigenvalue weighted by Gasteiger charge is -2.32. The first-order valence-corrected chi connectivity index (χ1v) is 5.24. The lowest BCUT2D eigenvalue weighted by atomic mass is 10.1. The topological polar surface area (TPSA) is 32.7 Å². The molecular weight excluding hydrogens is 166 g/mol. The Morgan fingerprint density at radius 1 is 1.54 bits per heavy atom. The molecule has 0 spiro atoms. The molecule has 13 heavy (non-hydrogen) atoms. The van der Waals surface area contributed by atoms with Crippen molar-refractivity contribution in [3.63, 3.8) is 0 Å². The minimum Gasteiger partial charge on any atom is -0.391 e. The van der Waals surface area contributed by atoms with Crippen LogP contribution in [-0.2, 0) is 4.74 Å². The predicted molar refractivity (Wildman–Crippen MR) is 52.8 cm³/mol. The summed E-state index contributed by atoms with van der Waals surface area (Å²) in [5.41, 5.74) is 0. The summed E-state index contributed by atoms with van der Waals surface area (Å²) in [5.74, 6) is 0. The van der Waals surface area contributed by atoms with E-state index in [0.717, 1.165) is 26.1 Å². The first-order chi connectivity index (χ1) is 6.24. The molecule has 1 aliphatic heterocycles. The maximum absolute atomic E-state index is 9.52. The Balaban J connectivity index is 2.41. The number of nitrogens with zero attached hydrogens (tertiary/aromatic N) is 1. The summed E-state index contributed by atoms with van der Waals surface area (Å²) in [6.07, 6.45) is 1.72. The van der Waals surface area contributed by atoms with Gasteiger partial charge in [0.2, 0.25) is 0 Å². The van der Waals surface area contributed by atoms with Crippen molar-refractivity contribution in [2.75, 3.05) is 26.3 Å². The van der Waals surface area contributed by atoms with E-state index in [1.54, 1.807) is 0 Å². The largest absolute Gasteiger partial charge is 0.391 e. The van der Waals surface area contributed by atoms with Crippen LogP contribution in [0.1, 0.15) is 26.7 Å². The van der Waals surface area contributed by atoms with Crippen molar-refractivity contribution in [1.29, 1.82) is 0 Å². The molecule has 0 aromatic rings. The third kappa shape index (κ3) is 3.63. The van der Waals surface area contributed by atoms with Crippen molar-refractivity contribution in [2.45, 2.75) is 38.8 Å². The van der Waals surface area contributed by atoms with Crippen LogP contribution in [0.3, 0.4) is 0 Å². The van der Waals surface area contributed by atoms with Crippen LogP contribution in [0, 0.1) is 0 Å². The molecule has 1 saturated heterocycles. The zero-order valence-electron chi connectivity index (χ0n) is 8.70. The van der Waals surface area contributed by atoms with Crippen LogP contribution in [0.25, 0.3) is 0 Å². The summed E-state index contributed by atoms with van der Waals surface area (Å²) in [6.45, 7) is 7.73. The van der Waals surface area contributed by atoms with Crippen LogP contribution in [-0.4, -0.2) is 48.5 Å². The van der Waals surface area contributed by atoms with Gasteiger partial charge in [-0.1, -0.05) is 6.92 Å². The highest BCUT2D eigenvalue weighted by molar-refractivity contribution is 4.73. The Kier molecular flexibility index (Phi) is 4.70. The molecule has 2 unspecified atom stereocenters. The van der Waals surface area contributed by atoms with E-state index < -0.39 is 0 Å². The van der Waals surface area contributed by atoms with E-state index in [2.05, 4.69) is 18.7 Å². The highest BCUT2D eigenvalue weighted by Gasteiger charge is 2.19. The molecule has 1 rings (SSSR count). The van der Waals surface area contributed by atoms with Gasteiger partial charge in [-0.05, 0) is 26.3 Å². The van der Waals surface area contributed by atoms with Crippen molar-refractivity contribution in [2.24, 2.45) is 0 Å². The van der Waals surface area contributed by atoms with Crippen LogP contribution in [0.2, 0.25) is 0 Å². The third-order valence-electron chi connectivity index (χ3n) is 2.58. The number of rotatable bonds is 2. The monoisotopic (exact) mass is 187 g/mol. The van der Waals surface area contributed by atoms with Crippen molar-refractivity contribution >= 4 is 0 Å². The summed E-state index contributed by atoms with van der Waals surface area (Å²) >= 11 is 0. The van der Waals surface area contributed by atoms with E-state index >= 15 is 0 Å². The van der Waals surface area contributed by atoms with Gasteiger partial charge in [-0.15, -0.1) is 0 Å². The Labute approximate surface area is 80.7 Å². The zero-order valence-corrected chi connectivity index (χ0v) is 8.70. The SMILES string of the molecule is CCCN1CCOCC(O)CC1C. The number of ether oxygens (including phenoxy) is 1. The van der Waals surface area contributed by atoms with Crippen molar-refractivity contribution in [3.8, 4) is 0 Å². The molecule has 1 N–H and O–H groups in total. The Bertz CT molecular complexity index is 141. The normalized spacial score (nSPS) is 32.5. The van der Waals surface area contributed by atoms with Gasteiger partial charge in [0.25, 0.3) is 0 Å². The Hall–Kier alpha value is -0.120. The fourth-order valence-electron chi connectivity index (χ4n) is 1.85. The lowest BCUT2D eigenvalue weighted by Crippen LogP contribution is -2.41. The van der Waals surface area contributed by atoms with E-state index in [9.17, 15) is 5.11 Å². The first-order valence-electron chi connectivity index (χ1n) is 5.24. The molecule has 1 heterocycles. The third-order valence-corrected chi connectivity index (χ3v) is 2.58. The Morgan fingerprint density at radius 3 is 3.00 bits per heavy atom. The van der Waals surface area contributed by atoms with E-state index in [0.29, 0.717) is 12.6 Å².